The largest absolute Gasteiger partial charge is 0.366 e. The van der Waals surface area contributed by atoms with Gasteiger partial charge in [0.15, 0.2) is 0 Å². The molecule has 116 valence electrons. The lowest BCUT2D eigenvalue weighted by molar-refractivity contribution is -0.122. The van der Waals surface area contributed by atoms with Gasteiger partial charge in [-0.25, -0.2) is 0 Å². The summed E-state index contributed by atoms with van der Waals surface area (Å²) in [5, 5.41) is 14.7. The first kappa shape index (κ1) is 15.6. The van der Waals surface area contributed by atoms with Crippen molar-refractivity contribution in [1.29, 1.82) is 0 Å². The van der Waals surface area contributed by atoms with Crippen molar-refractivity contribution in [3.8, 4) is 11.4 Å². The van der Waals surface area contributed by atoms with Crippen LogP contribution in [-0.4, -0.2) is 38.1 Å². The van der Waals surface area contributed by atoms with Crippen LogP contribution in [0.2, 0.25) is 0 Å². The van der Waals surface area contributed by atoms with E-state index < -0.39 is 5.91 Å². The van der Waals surface area contributed by atoms with Crippen LogP contribution in [-0.2, 0) is 11.3 Å². The second kappa shape index (κ2) is 6.79. The molecule has 0 aliphatic rings. The summed E-state index contributed by atoms with van der Waals surface area (Å²) in [5.41, 5.74) is 6.28. The Morgan fingerprint density at radius 3 is 2.59 bits per heavy atom. The molecule has 2 amide bonds. The van der Waals surface area contributed by atoms with Gasteiger partial charge in [0.2, 0.25) is 17.6 Å². The van der Waals surface area contributed by atoms with E-state index in [4.69, 9.17) is 5.73 Å². The van der Waals surface area contributed by atoms with Crippen molar-refractivity contribution in [3.63, 3.8) is 0 Å². The minimum Gasteiger partial charge on any atom is -0.366 e. The van der Waals surface area contributed by atoms with Crippen molar-refractivity contribution >= 4 is 11.8 Å². The maximum Gasteiger partial charge on any atom is 0.248 e. The van der Waals surface area contributed by atoms with Crippen molar-refractivity contribution in [2.75, 3.05) is 0 Å². The summed E-state index contributed by atoms with van der Waals surface area (Å²) in [6, 6.07) is 6.65. The van der Waals surface area contributed by atoms with E-state index in [2.05, 4.69) is 20.7 Å². The van der Waals surface area contributed by atoms with Crippen LogP contribution >= 0.6 is 0 Å². The normalized spacial score (nSPS) is 11.9. The van der Waals surface area contributed by atoms with Gasteiger partial charge in [0.1, 0.15) is 6.54 Å². The molecule has 22 heavy (non-hydrogen) atoms. The Bertz CT molecular complexity index is 664. The van der Waals surface area contributed by atoms with E-state index in [-0.39, 0.29) is 18.5 Å². The van der Waals surface area contributed by atoms with E-state index in [9.17, 15) is 9.59 Å². The van der Waals surface area contributed by atoms with Crippen LogP contribution in [0.3, 0.4) is 0 Å². The number of hydrogen-bond acceptors (Lipinski definition) is 5. The number of tetrazole rings is 1. The van der Waals surface area contributed by atoms with Crippen LogP contribution < -0.4 is 11.1 Å². The Balaban J connectivity index is 2.04. The minimum absolute atomic E-state index is 0.0106. The Kier molecular flexibility index (Phi) is 4.82. The number of carbonyl (C=O) groups is 2. The Labute approximate surface area is 127 Å². The average molecular weight is 302 g/mol. The summed E-state index contributed by atoms with van der Waals surface area (Å²) in [6.07, 6.45) is 0.855. The zero-order chi connectivity index (χ0) is 16.1. The van der Waals surface area contributed by atoms with E-state index in [0.717, 1.165) is 6.42 Å². The molecule has 0 aliphatic carbocycles. The van der Waals surface area contributed by atoms with Gasteiger partial charge in [-0.05, 0) is 30.7 Å². The third kappa shape index (κ3) is 3.87. The van der Waals surface area contributed by atoms with Crippen LogP contribution in [0.25, 0.3) is 11.4 Å². The predicted octanol–water partition coefficient (Wildman–Crippen LogP) is 0.354. The fourth-order valence-electron chi connectivity index (χ4n) is 1.76. The molecule has 2 rings (SSSR count). The molecule has 0 aliphatic heterocycles. The standard InChI is InChI=1S/C14H18N6O2/c1-3-9(2)16-12(21)8-20-18-14(17-19-20)11-6-4-10(5-7-11)13(15)22/h4-7,9H,3,8H2,1-2H3,(H2,15,22)(H,16,21)/t9-/m1/s1. The molecule has 1 aromatic carbocycles. The highest BCUT2D eigenvalue weighted by Gasteiger charge is 2.11. The molecule has 3 N–H and O–H groups in total. The van der Waals surface area contributed by atoms with Crippen LogP contribution in [0.15, 0.2) is 24.3 Å². The molecule has 1 aromatic heterocycles. The molecule has 0 radical (unpaired) electrons. The highest BCUT2D eigenvalue weighted by atomic mass is 16.2. The van der Waals surface area contributed by atoms with Crippen molar-refractivity contribution in [1.82, 2.24) is 25.5 Å². The van der Waals surface area contributed by atoms with Gasteiger partial charge in [0.25, 0.3) is 0 Å². The molecule has 0 fully saturated rings. The first-order valence-corrected chi connectivity index (χ1v) is 6.97. The maximum atomic E-state index is 11.8. The first-order chi connectivity index (χ1) is 10.5. The molecule has 0 spiro atoms. The predicted molar refractivity (Wildman–Crippen MR) is 79.7 cm³/mol. The third-order valence-electron chi connectivity index (χ3n) is 3.19. The summed E-state index contributed by atoms with van der Waals surface area (Å²) < 4.78 is 0. The maximum absolute atomic E-state index is 11.8. The highest BCUT2D eigenvalue weighted by molar-refractivity contribution is 5.93. The molecule has 0 saturated carbocycles. The van der Waals surface area contributed by atoms with Crippen LogP contribution in [0.5, 0.6) is 0 Å². The third-order valence-corrected chi connectivity index (χ3v) is 3.19. The number of nitrogens with two attached hydrogens (primary N) is 1. The van der Waals surface area contributed by atoms with Gasteiger partial charge >= 0.3 is 0 Å². The quantitative estimate of drug-likeness (QED) is 0.799. The molecule has 0 bridgehead atoms. The second-order valence-corrected chi connectivity index (χ2v) is 4.96. The molecule has 2 aromatic rings. The SMILES string of the molecule is CC[C@@H](C)NC(=O)Cn1nnc(-c2ccc(C(N)=O)cc2)n1. The zero-order valence-electron chi connectivity index (χ0n) is 12.5. The molecule has 1 heterocycles. The number of hydrogen-bond donors (Lipinski definition) is 2. The lowest BCUT2D eigenvalue weighted by Gasteiger charge is -2.10. The average Bonchev–Trinajstić information content (AvgIpc) is 2.95. The minimum atomic E-state index is -0.495. The van der Waals surface area contributed by atoms with E-state index in [1.165, 1.54) is 4.80 Å². The first-order valence-electron chi connectivity index (χ1n) is 6.97. The highest BCUT2D eigenvalue weighted by Crippen LogP contribution is 2.14. The molecular formula is C14H18N6O2. The van der Waals surface area contributed by atoms with Crippen molar-refractivity contribution in [2.24, 2.45) is 5.73 Å². The topological polar surface area (TPSA) is 116 Å². The molecule has 8 nitrogen and oxygen atoms in total. The second-order valence-electron chi connectivity index (χ2n) is 4.96. The summed E-state index contributed by atoms with van der Waals surface area (Å²) in [7, 11) is 0. The summed E-state index contributed by atoms with van der Waals surface area (Å²) in [5.74, 6) is -0.278. The Morgan fingerprint density at radius 2 is 2.00 bits per heavy atom. The van der Waals surface area contributed by atoms with Crippen molar-refractivity contribution in [2.45, 2.75) is 32.9 Å². The van der Waals surface area contributed by atoms with Crippen LogP contribution in [0.4, 0.5) is 0 Å². The molecular weight excluding hydrogens is 284 g/mol. The summed E-state index contributed by atoms with van der Waals surface area (Å²) >= 11 is 0. The number of aromatic nitrogens is 4. The van der Waals surface area contributed by atoms with E-state index in [1.54, 1.807) is 24.3 Å². The van der Waals surface area contributed by atoms with Gasteiger partial charge in [-0.2, -0.15) is 4.80 Å². The van der Waals surface area contributed by atoms with Gasteiger partial charge < -0.3 is 11.1 Å². The molecule has 1 atom stereocenters. The number of nitrogens with one attached hydrogen (secondary N) is 1. The number of nitrogens with zero attached hydrogens (tertiary/aromatic N) is 4. The van der Waals surface area contributed by atoms with Gasteiger partial charge in [0.05, 0.1) is 0 Å². The smallest absolute Gasteiger partial charge is 0.248 e. The number of rotatable bonds is 6. The van der Waals surface area contributed by atoms with E-state index >= 15 is 0 Å². The van der Waals surface area contributed by atoms with Gasteiger partial charge in [-0.3, -0.25) is 9.59 Å². The van der Waals surface area contributed by atoms with E-state index in [1.807, 2.05) is 13.8 Å². The summed E-state index contributed by atoms with van der Waals surface area (Å²) in [6.45, 7) is 3.93. The number of amides is 2. The van der Waals surface area contributed by atoms with Gasteiger partial charge in [-0.1, -0.05) is 19.1 Å². The van der Waals surface area contributed by atoms with Gasteiger partial charge in [0, 0.05) is 17.2 Å². The fraction of sp³-hybridized carbons (Fsp3) is 0.357. The molecule has 8 heteroatoms. The fourth-order valence-corrected chi connectivity index (χ4v) is 1.76. The number of benzene rings is 1. The van der Waals surface area contributed by atoms with E-state index in [0.29, 0.717) is 17.0 Å². The zero-order valence-corrected chi connectivity index (χ0v) is 12.5. The lowest BCUT2D eigenvalue weighted by atomic mass is 10.1. The monoisotopic (exact) mass is 302 g/mol. The number of primary amides is 1. The molecule has 0 saturated heterocycles. The van der Waals surface area contributed by atoms with Crippen molar-refractivity contribution in [3.05, 3.63) is 29.8 Å². The van der Waals surface area contributed by atoms with Gasteiger partial charge in [-0.15, -0.1) is 10.2 Å². The Hall–Kier alpha value is -2.77. The number of carbonyl (C=O) groups excluding carboxylic acids is 2. The van der Waals surface area contributed by atoms with Crippen LogP contribution in [0.1, 0.15) is 30.6 Å². The van der Waals surface area contributed by atoms with Crippen LogP contribution in [0, 0.1) is 0 Å². The Morgan fingerprint density at radius 1 is 1.32 bits per heavy atom. The summed E-state index contributed by atoms with van der Waals surface area (Å²) in [4.78, 5) is 24.0. The lowest BCUT2D eigenvalue weighted by Crippen LogP contribution is -2.35. The molecule has 0 unspecified atom stereocenters. The van der Waals surface area contributed by atoms with Crippen molar-refractivity contribution < 1.29 is 9.59 Å².